The fourth-order valence-electron chi connectivity index (χ4n) is 3.25. The smallest absolute Gasteiger partial charge is 0.283 e. The van der Waals surface area contributed by atoms with Crippen molar-refractivity contribution in [3.63, 3.8) is 0 Å². The van der Waals surface area contributed by atoms with Crippen LogP contribution in [-0.2, 0) is 0 Å². The van der Waals surface area contributed by atoms with Crippen LogP contribution in [0.5, 0.6) is 0 Å². The van der Waals surface area contributed by atoms with Gasteiger partial charge in [-0.3, -0.25) is 14.9 Å². The van der Waals surface area contributed by atoms with Crippen LogP contribution in [0, 0.1) is 17.0 Å². The second kappa shape index (κ2) is 8.43. The van der Waals surface area contributed by atoms with Gasteiger partial charge in [-0.15, -0.1) is 11.8 Å². The van der Waals surface area contributed by atoms with Crippen LogP contribution in [0.25, 0.3) is 0 Å². The van der Waals surface area contributed by atoms with E-state index < -0.39 is 4.92 Å². The molecule has 1 fully saturated rings. The number of hydrogen-bond donors (Lipinski definition) is 0. The van der Waals surface area contributed by atoms with E-state index in [2.05, 4.69) is 30.0 Å². The number of aryl methyl sites for hydroxylation is 1. The van der Waals surface area contributed by atoms with Gasteiger partial charge in [0.1, 0.15) is 0 Å². The maximum Gasteiger partial charge on any atom is 0.283 e. The zero-order valence-corrected chi connectivity index (χ0v) is 16.4. The Kier molecular flexibility index (Phi) is 6.01. The highest BCUT2D eigenvalue weighted by molar-refractivity contribution is 7.99. The Morgan fingerprint density at radius 1 is 1.15 bits per heavy atom. The Bertz CT molecular complexity index is 848. The summed E-state index contributed by atoms with van der Waals surface area (Å²) in [5.41, 5.74) is 2.76. The molecular weight excluding hydrogens is 362 g/mol. The van der Waals surface area contributed by atoms with E-state index in [1.165, 1.54) is 29.1 Å². The predicted molar refractivity (Wildman–Crippen MR) is 109 cm³/mol. The molecule has 0 spiro atoms. The molecule has 6 nitrogen and oxygen atoms in total. The Morgan fingerprint density at radius 2 is 1.89 bits per heavy atom. The molecule has 3 rings (SSSR count). The SMILES string of the molecule is CCSc1ccc(C(=O)N2CCN(c3cccc(C)c3)CC2)cc1[N+](=O)[O-]. The quantitative estimate of drug-likeness (QED) is 0.442. The van der Waals surface area contributed by atoms with Crippen LogP contribution < -0.4 is 4.90 Å². The highest BCUT2D eigenvalue weighted by Crippen LogP contribution is 2.30. The van der Waals surface area contributed by atoms with Crippen molar-refractivity contribution in [1.82, 2.24) is 4.90 Å². The van der Waals surface area contributed by atoms with E-state index in [0.717, 1.165) is 18.8 Å². The summed E-state index contributed by atoms with van der Waals surface area (Å²) >= 11 is 1.41. The fraction of sp³-hybridized carbons (Fsp3) is 0.350. The number of amides is 1. The van der Waals surface area contributed by atoms with Crippen LogP contribution >= 0.6 is 11.8 Å². The molecule has 1 aliphatic heterocycles. The molecule has 1 saturated heterocycles. The lowest BCUT2D eigenvalue weighted by atomic mass is 10.1. The number of nitro benzene ring substituents is 1. The van der Waals surface area contributed by atoms with Gasteiger partial charge in [-0.1, -0.05) is 19.1 Å². The van der Waals surface area contributed by atoms with Crippen LogP contribution in [0.2, 0.25) is 0 Å². The topological polar surface area (TPSA) is 66.7 Å². The minimum Gasteiger partial charge on any atom is -0.368 e. The molecule has 0 bridgehead atoms. The average Bonchev–Trinajstić information content (AvgIpc) is 2.68. The summed E-state index contributed by atoms with van der Waals surface area (Å²) < 4.78 is 0. The van der Waals surface area contributed by atoms with Gasteiger partial charge in [0, 0.05) is 43.5 Å². The zero-order chi connectivity index (χ0) is 19.4. The number of hydrogen-bond acceptors (Lipinski definition) is 5. The summed E-state index contributed by atoms with van der Waals surface area (Å²) in [6, 6.07) is 13.1. The van der Waals surface area contributed by atoms with Crippen molar-refractivity contribution in [3.8, 4) is 0 Å². The number of benzene rings is 2. The molecule has 0 aliphatic carbocycles. The van der Waals surface area contributed by atoms with Gasteiger partial charge in [-0.05, 0) is 42.5 Å². The van der Waals surface area contributed by atoms with Crippen molar-refractivity contribution in [3.05, 3.63) is 63.7 Å². The second-order valence-electron chi connectivity index (χ2n) is 6.49. The van der Waals surface area contributed by atoms with Crippen molar-refractivity contribution in [2.45, 2.75) is 18.7 Å². The Hall–Kier alpha value is -2.54. The monoisotopic (exact) mass is 385 g/mol. The molecule has 0 aromatic heterocycles. The summed E-state index contributed by atoms with van der Waals surface area (Å²) in [5.74, 6) is 0.602. The van der Waals surface area contributed by atoms with E-state index >= 15 is 0 Å². The summed E-state index contributed by atoms with van der Waals surface area (Å²) in [6.07, 6.45) is 0. The first-order valence-electron chi connectivity index (χ1n) is 9.01. The Labute approximate surface area is 163 Å². The lowest BCUT2D eigenvalue weighted by molar-refractivity contribution is -0.387. The normalized spacial score (nSPS) is 14.3. The van der Waals surface area contributed by atoms with Gasteiger partial charge in [-0.2, -0.15) is 0 Å². The van der Waals surface area contributed by atoms with E-state index in [1.807, 2.05) is 13.0 Å². The third-order valence-corrected chi connectivity index (χ3v) is 5.58. The fourth-order valence-corrected chi connectivity index (χ4v) is 4.00. The van der Waals surface area contributed by atoms with Gasteiger partial charge in [0.15, 0.2) is 0 Å². The minimum absolute atomic E-state index is 0.00565. The molecule has 0 radical (unpaired) electrons. The summed E-state index contributed by atoms with van der Waals surface area (Å²) in [6.45, 7) is 6.72. The Morgan fingerprint density at radius 3 is 2.52 bits per heavy atom. The molecule has 2 aromatic rings. The van der Waals surface area contributed by atoms with Gasteiger partial charge < -0.3 is 9.80 Å². The molecule has 1 amide bonds. The van der Waals surface area contributed by atoms with E-state index in [9.17, 15) is 14.9 Å². The number of nitrogens with zero attached hydrogens (tertiary/aromatic N) is 3. The molecule has 0 unspecified atom stereocenters. The zero-order valence-electron chi connectivity index (χ0n) is 15.6. The summed E-state index contributed by atoms with van der Waals surface area (Å²) in [4.78, 5) is 28.4. The number of anilines is 1. The lowest BCUT2D eigenvalue weighted by Crippen LogP contribution is -2.48. The van der Waals surface area contributed by atoms with Crippen LogP contribution in [0.15, 0.2) is 47.4 Å². The van der Waals surface area contributed by atoms with E-state index in [0.29, 0.717) is 23.5 Å². The van der Waals surface area contributed by atoms with Gasteiger partial charge in [0.25, 0.3) is 11.6 Å². The van der Waals surface area contributed by atoms with Crippen molar-refractivity contribution in [1.29, 1.82) is 0 Å². The number of rotatable bonds is 5. The molecule has 0 atom stereocenters. The van der Waals surface area contributed by atoms with Crippen LogP contribution in [0.1, 0.15) is 22.8 Å². The first-order valence-corrected chi connectivity index (χ1v) is 10.00. The van der Waals surface area contributed by atoms with Gasteiger partial charge >= 0.3 is 0 Å². The van der Waals surface area contributed by atoms with Crippen LogP contribution in [0.4, 0.5) is 11.4 Å². The number of piperazine rings is 1. The molecule has 0 saturated carbocycles. The summed E-state index contributed by atoms with van der Waals surface area (Å²) in [7, 11) is 0. The minimum atomic E-state index is -0.412. The van der Waals surface area contributed by atoms with E-state index in [4.69, 9.17) is 0 Å². The number of carbonyl (C=O) groups excluding carboxylic acids is 1. The first-order chi connectivity index (χ1) is 13.0. The van der Waals surface area contributed by atoms with Crippen molar-refractivity contribution < 1.29 is 9.72 Å². The number of carbonyl (C=O) groups is 1. The predicted octanol–water partition coefficient (Wildman–Crippen LogP) is 3.98. The highest BCUT2D eigenvalue weighted by Gasteiger charge is 2.24. The molecular formula is C20H23N3O3S. The molecule has 7 heteroatoms. The highest BCUT2D eigenvalue weighted by atomic mass is 32.2. The van der Waals surface area contributed by atoms with E-state index in [-0.39, 0.29) is 11.6 Å². The Balaban J connectivity index is 1.70. The molecule has 1 heterocycles. The molecule has 2 aromatic carbocycles. The van der Waals surface area contributed by atoms with Gasteiger partial charge in [0.05, 0.1) is 9.82 Å². The maximum atomic E-state index is 12.8. The second-order valence-corrected chi connectivity index (χ2v) is 7.80. The molecule has 1 aliphatic rings. The van der Waals surface area contributed by atoms with Crippen LogP contribution in [-0.4, -0.2) is 47.7 Å². The maximum absolute atomic E-state index is 12.8. The number of nitro groups is 1. The standard InChI is InChI=1S/C20H23N3O3S/c1-3-27-19-8-7-16(14-18(19)23(25)26)20(24)22-11-9-21(10-12-22)17-6-4-5-15(2)13-17/h4-8,13-14H,3,9-12H2,1-2H3. The van der Waals surface area contributed by atoms with Crippen molar-refractivity contribution >= 4 is 29.0 Å². The average molecular weight is 385 g/mol. The lowest BCUT2D eigenvalue weighted by Gasteiger charge is -2.36. The van der Waals surface area contributed by atoms with Crippen molar-refractivity contribution in [2.24, 2.45) is 0 Å². The largest absolute Gasteiger partial charge is 0.368 e. The first kappa shape index (κ1) is 19.2. The third kappa shape index (κ3) is 4.42. The third-order valence-electron chi connectivity index (χ3n) is 4.64. The summed E-state index contributed by atoms with van der Waals surface area (Å²) in [5, 5.41) is 11.3. The van der Waals surface area contributed by atoms with E-state index in [1.54, 1.807) is 17.0 Å². The van der Waals surface area contributed by atoms with Crippen LogP contribution in [0.3, 0.4) is 0 Å². The molecule has 27 heavy (non-hydrogen) atoms. The van der Waals surface area contributed by atoms with Crippen molar-refractivity contribution in [2.75, 3.05) is 36.8 Å². The molecule has 0 N–H and O–H groups in total. The number of thioether (sulfide) groups is 1. The molecule has 142 valence electrons. The van der Waals surface area contributed by atoms with Gasteiger partial charge in [0.2, 0.25) is 0 Å². The van der Waals surface area contributed by atoms with Gasteiger partial charge in [-0.25, -0.2) is 0 Å².